The summed E-state index contributed by atoms with van der Waals surface area (Å²) in [6.07, 6.45) is 1.35. The first kappa shape index (κ1) is 15.8. The summed E-state index contributed by atoms with van der Waals surface area (Å²) in [4.78, 5) is 42.2. The Morgan fingerprint density at radius 2 is 1.89 bits per heavy atom. The lowest BCUT2D eigenvalue weighted by Gasteiger charge is -2.29. The van der Waals surface area contributed by atoms with Crippen LogP contribution in [0, 0.1) is 0 Å². The van der Waals surface area contributed by atoms with Crippen LogP contribution in [0.4, 0.5) is 11.4 Å². The minimum Gasteiger partial charge on any atom is -0.412 e. The minimum atomic E-state index is -4.10. The molecule has 0 atom stereocenters. The number of fused-ring (bicyclic) bond motifs is 1. The van der Waals surface area contributed by atoms with E-state index < -0.39 is 18.5 Å². The molecule has 1 aromatic carbocycles. The number of hydrogen-bond acceptors (Lipinski definition) is 5. The molecule has 0 amide bonds. The van der Waals surface area contributed by atoms with Gasteiger partial charge in [0.15, 0.2) is 0 Å². The van der Waals surface area contributed by atoms with Crippen LogP contribution in [0.25, 0.3) is 0 Å². The lowest BCUT2D eigenvalue weighted by molar-refractivity contribution is 0.373. The van der Waals surface area contributed by atoms with Gasteiger partial charge in [0.25, 0.3) is 10.9 Å². The second-order valence-electron chi connectivity index (χ2n) is 4.39. The molecule has 1 heterocycles. The molecule has 0 radical (unpaired) electrons. The van der Waals surface area contributed by atoms with Crippen molar-refractivity contribution in [3.63, 3.8) is 0 Å². The summed E-state index contributed by atoms with van der Waals surface area (Å²) >= 11 is 0. The molecule has 108 valence electrons. The Labute approximate surface area is 109 Å². The van der Waals surface area contributed by atoms with Crippen molar-refractivity contribution in [2.24, 2.45) is 0 Å². The highest BCUT2D eigenvalue weighted by atomic mass is 31.2. The maximum absolute atomic E-state index is 11.5. The second-order valence-corrected chi connectivity index (χ2v) is 6.17. The SMILES string of the molecule is O.O=c1c2c(c1=O)N(CCP(=O)(O)O)CCCCN2. The summed E-state index contributed by atoms with van der Waals surface area (Å²) < 4.78 is 10.9. The van der Waals surface area contributed by atoms with E-state index >= 15 is 0 Å². The average molecular weight is 292 g/mol. The number of anilines is 2. The van der Waals surface area contributed by atoms with Gasteiger partial charge < -0.3 is 25.5 Å². The van der Waals surface area contributed by atoms with Gasteiger partial charge in [0.2, 0.25) is 0 Å². The van der Waals surface area contributed by atoms with Crippen LogP contribution in [0.5, 0.6) is 0 Å². The molecule has 0 unspecified atom stereocenters. The lowest BCUT2D eigenvalue weighted by atomic mass is 10.1. The third-order valence-electron chi connectivity index (χ3n) is 3.02. The maximum atomic E-state index is 11.5. The van der Waals surface area contributed by atoms with Gasteiger partial charge >= 0.3 is 7.60 Å². The normalized spacial score (nSPS) is 16.0. The van der Waals surface area contributed by atoms with Gasteiger partial charge in [0.1, 0.15) is 11.4 Å². The van der Waals surface area contributed by atoms with Gasteiger partial charge in [-0.3, -0.25) is 14.2 Å². The van der Waals surface area contributed by atoms with Gasteiger partial charge in [-0.1, -0.05) is 0 Å². The Hall–Kier alpha value is -1.21. The fraction of sp³-hybridized carbons (Fsp3) is 0.600. The van der Waals surface area contributed by atoms with Gasteiger partial charge in [-0.2, -0.15) is 0 Å². The molecule has 5 N–H and O–H groups in total. The van der Waals surface area contributed by atoms with E-state index in [4.69, 9.17) is 9.79 Å². The first-order valence-electron chi connectivity index (χ1n) is 5.77. The molecule has 8 nitrogen and oxygen atoms in total. The molecule has 0 fully saturated rings. The van der Waals surface area contributed by atoms with Gasteiger partial charge in [0, 0.05) is 19.6 Å². The summed E-state index contributed by atoms with van der Waals surface area (Å²) in [5.74, 6) is 0. The molecule has 0 spiro atoms. The molecule has 1 aliphatic heterocycles. The molecule has 0 saturated heterocycles. The van der Waals surface area contributed by atoms with Crippen LogP contribution in [-0.2, 0) is 4.57 Å². The summed E-state index contributed by atoms with van der Waals surface area (Å²) in [7, 11) is -4.10. The summed E-state index contributed by atoms with van der Waals surface area (Å²) in [6, 6.07) is 0. The van der Waals surface area contributed by atoms with E-state index in [1.165, 1.54) is 0 Å². The monoisotopic (exact) mass is 292 g/mol. The van der Waals surface area contributed by atoms with Gasteiger partial charge in [0.05, 0.1) is 6.16 Å². The van der Waals surface area contributed by atoms with Crippen molar-refractivity contribution in [3.8, 4) is 0 Å². The fourth-order valence-corrected chi connectivity index (χ4v) is 2.57. The van der Waals surface area contributed by atoms with Gasteiger partial charge in [-0.15, -0.1) is 0 Å². The van der Waals surface area contributed by atoms with Gasteiger partial charge in [-0.05, 0) is 12.8 Å². The van der Waals surface area contributed by atoms with Crippen LogP contribution in [0.3, 0.4) is 0 Å². The molecule has 0 aliphatic carbocycles. The van der Waals surface area contributed by atoms with Crippen LogP contribution in [-0.4, -0.2) is 41.1 Å². The van der Waals surface area contributed by atoms with Crippen molar-refractivity contribution >= 4 is 19.0 Å². The van der Waals surface area contributed by atoms with E-state index in [0.29, 0.717) is 18.8 Å². The number of hydrogen-bond donors (Lipinski definition) is 3. The molecule has 1 aliphatic rings. The molecular weight excluding hydrogens is 275 g/mol. The van der Waals surface area contributed by atoms with Crippen molar-refractivity contribution in [3.05, 3.63) is 20.4 Å². The standard InChI is InChI=1S/C10H15N2O5P.H2O/c13-9-7-8(10(9)14)12(4-2-1-3-11-7)5-6-18(15,16)17;/h11H,1-6H2,(H2,15,16,17);1H2. The van der Waals surface area contributed by atoms with Crippen LogP contribution < -0.4 is 21.1 Å². The number of nitrogens with one attached hydrogen (secondary N) is 1. The third kappa shape index (κ3) is 3.42. The van der Waals surface area contributed by atoms with Crippen molar-refractivity contribution in [1.82, 2.24) is 0 Å². The van der Waals surface area contributed by atoms with Crippen molar-refractivity contribution in [2.75, 3.05) is 36.0 Å². The highest BCUT2D eigenvalue weighted by molar-refractivity contribution is 7.51. The van der Waals surface area contributed by atoms with Gasteiger partial charge in [-0.25, -0.2) is 0 Å². The fourth-order valence-electron chi connectivity index (χ4n) is 2.07. The van der Waals surface area contributed by atoms with Crippen molar-refractivity contribution in [1.29, 1.82) is 0 Å². The summed E-state index contributed by atoms with van der Waals surface area (Å²) in [6.45, 7) is 1.27. The predicted molar refractivity (Wildman–Crippen MR) is 71.8 cm³/mol. The lowest BCUT2D eigenvalue weighted by Crippen LogP contribution is -2.45. The van der Waals surface area contributed by atoms with E-state index in [2.05, 4.69) is 5.32 Å². The molecule has 0 bridgehead atoms. The Morgan fingerprint density at radius 1 is 1.21 bits per heavy atom. The zero-order valence-electron chi connectivity index (χ0n) is 10.3. The average Bonchev–Trinajstić information content (AvgIpc) is 2.26. The van der Waals surface area contributed by atoms with Crippen LogP contribution in [0.2, 0.25) is 0 Å². The smallest absolute Gasteiger partial charge is 0.327 e. The first-order chi connectivity index (χ1) is 8.40. The maximum Gasteiger partial charge on any atom is 0.327 e. The number of rotatable bonds is 3. The predicted octanol–water partition coefficient (Wildman–Crippen LogP) is -1.35. The molecule has 9 heteroatoms. The Morgan fingerprint density at radius 3 is 2.53 bits per heavy atom. The zero-order chi connectivity index (χ0) is 13.3. The summed E-state index contributed by atoms with van der Waals surface area (Å²) in [5.41, 5.74) is -0.517. The highest BCUT2D eigenvalue weighted by Gasteiger charge is 2.28. The molecule has 19 heavy (non-hydrogen) atoms. The van der Waals surface area contributed by atoms with Crippen LogP contribution >= 0.6 is 7.60 Å². The van der Waals surface area contributed by atoms with Crippen LogP contribution in [0.1, 0.15) is 12.8 Å². The Kier molecular flexibility index (Phi) is 4.86. The van der Waals surface area contributed by atoms with E-state index in [1.807, 2.05) is 0 Å². The molecule has 0 saturated carbocycles. The quantitative estimate of drug-likeness (QED) is 0.462. The van der Waals surface area contributed by atoms with Crippen molar-refractivity contribution < 1.29 is 19.8 Å². The molecule has 0 aromatic heterocycles. The molecule has 1 aromatic rings. The van der Waals surface area contributed by atoms with Crippen LogP contribution in [0.15, 0.2) is 9.59 Å². The Bertz CT molecular complexity index is 559. The zero-order valence-corrected chi connectivity index (χ0v) is 11.2. The minimum absolute atomic E-state index is 0. The van der Waals surface area contributed by atoms with E-state index in [-0.39, 0.29) is 23.9 Å². The first-order valence-corrected chi connectivity index (χ1v) is 7.56. The topological polar surface area (TPSA) is 138 Å². The summed E-state index contributed by atoms with van der Waals surface area (Å²) in [5, 5.41) is 2.90. The Balaban J connectivity index is 0.00000180. The molecule has 2 rings (SSSR count). The largest absolute Gasteiger partial charge is 0.412 e. The molecular formula is C10H17N2O6P. The van der Waals surface area contributed by atoms with E-state index in [0.717, 1.165) is 12.8 Å². The van der Waals surface area contributed by atoms with E-state index in [1.54, 1.807) is 4.90 Å². The second kappa shape index (κ2) is 5.83. The number of nitrogens with zero attached hydrogens (tertiary/aromatic N) is 1. The third-order valence-corrected chi connectivity index (χ3v) is 3.80. The van der Waals surface area contributed by atoms with Crippen molar-refractivity contribution in [2.45, 2.75) is 12.8 Å². The van der Waals surface area contributed by atoms with E-state index in [9.17, 15) is 14.2 Å². The highest BCUT2D eigenvalue weighted by Crippen LogP contribution is 2.34.